The van der Waals surface area contributed by atoms with E-state index < -0.39 is 12.1 Å². The van der Waals surface area contributed by atoms with Crippen molar-refractivity contribution >= 4 is 5.97 Å². The molecular formula is C7H9NO3. The third-order valence-corrected chi connectivity index (χ3v) is 0.881. The molecule has 0 rings (SSSR count). The largest absolute Gasteiger partial charge is 0.464 e. The van der Waals surface area contributed by atoms with Crippen LogP contribution in [0.1, 0.15) is 6.92 Å². The van der Waals surface area contributed by atoms with Gasteiger partial charge in [0.2, 0.25) is 0 Å². The van der Waals surface area contributed by atoms with E-state index in [4.69, 9.17) is 10.4 Å². The van der Waals surface area contributed by atoms with Gasteiger partial charge in [-0.15, -0.1) is 0 Å². The first-order chi connectivity index (χ1) is 5.22. The van der Waals surface area contributed by atoms with Crippen LogP contribution in [-0.2, 0) is 9.53 Å². The van der Waals surface area contributed by atoms with Crippen molar-refractivity contribution in [1.82, 2.24) is 0 Å². The predicted molar refractivity (Wildman–Crippen MR) is 37.4 cm³/mol. The Bertz CT molecular complexity index is 192. The van der Waals surface area contributed by atoms with E-state index in [1.807, 2.05) is 0 Å². The number of carbonyl (C=O) groups is 1. The average Bonchev–Trinajstić information content (AvgIpc) is 2.00. The minimum atomic E-state index is -1.32. The lowest BCUT2D eigenvalue weighted by molar-refractivity contribution is -0.150. The second-order valence-corrected chi connectivity index (χ2v) is 1.69. The van der Waals surface area contributed by atoms with Crippen LogP contribution in [0.25, 0.3) is 0 Å². The summed E-state index contributed by atoms with van der Waals surface area (Å²) in [6.07, 6.45) is 0.772. The normalized spacial score (nSPS) is 12.5. The fraction of sp³-hybridized carbons (Fsp3) is 0.429. The summed E-state index contributed by atoms with van der Waals surface area (Å²) in [6.45, 7) is 1.86. The second-order valence-electron chi connectivity index (χ2n) is 1.69. The number of esters is 1. The predicted octanol–water partition coefficient (Wildman–Crippen LogP) is -0.00982. The van der Waals surface area contributed by atoms with Gasteiger partial charge in [-0.3, -0.25) is 0 Å². The fourth-order valence-corrected chi connectivity index (χ4v) is 0.440. The smallest absolute Gasteiger partial charge is 0.339 e. The summed E-state index contributed by atoms with van der Waals surface area (Å²) < 4.78 is 4.45. The fourth-order valence-electron chi connectivity index (χ4n) is 0.440. The topological polar surface area (TPSA) is 70.3 Å². The van der Waals surface area contributed by atoms with Gasteiger partial charge in [0.1, 0.15) is 0 Å². The van der Waals surface area contributed by atoms with E-state index in [-0.39, 0.29) is 6.61 Å². The van der Waals surface area contributed by atoms with Gasteiger partial charge in [-0.25, -0.2) is 4.79 Å². The highest BCUT2D eigenvalue weighted by atomic mass is 16.5. The van der Waals surface area contributed by atoms with Gasteiger partial charge in [0.15, 0.2) is 6.10 Å². The minimum absolute atomic E-state index is 0.219. The van der Waals surface area contributed by atoms with E-state index in [9.17, 15) is 4.79 Å². The quantitative estimate of drug-likeness (QED) is 0.459. The Morgan fingerprint density at radius 1 is 1.91 bits per heavy atom. The van der Waals surface area contributed by atoms with Crippen LogP contribution < -0.4 is 0 Å². The second kappa shape index (κ2) is 5.45. The molecule has 4 heteroatoms. The molecule has 0 aromatic rings. The number of nitrogens with zero attached hydrogens (tertiary/aromatic N) is 1. The summed E-state index contributed by atoms with van der Waals surface area (Å²) in [5.41, 5.74) is 0. The Balaban J connectivity index is 3.84. The summed E-state index contributed by atoms with van der Waals surface area (Å²) >= 11 is 0. The Hall–Kier alpha value is -1.34. The van der Waals surface area contributed by atoms with Crippen molar-refractivity contribution in [2.45, 2.75) is 13.0 Å². The van der Waals surface area contributed by atoms with Crippen LogP contribution >= 0.6 is 0 Å². The molecule has 1 unspecified atom stereocenters. The molecule has 11 heavy (non-hydrogen) atoms. The van der Waals surface area contributed by atoms with E-state index in [0.717, 1.165) is 12.2 Å². The minimum Gasteiger partial charge on any atom is -0.464 e. The Morgan fingerprint density at radius 2 is 2.55 bits per heavy atom. The molecule has 4 nitrogen and oxygen atoms in total. The van der Waals surface area contributed by atoms with Gasteiger partial charge in [-0.05, 0) is 13.0 Å². The van der Waals surface area contributed by atoms with Crippen molar-refractivity contribution in [2.24, 2.45) is 0 Å². The highest BCUT2D eigenvalue weighted by Gasteiger charge is 2.10. The van der Waals surface area contributed by atoms with Crippen LogP contribution in [0, 0.1) is 11.3 Å². The van der Waals surface area contributed by atoms with Crippen LogP contribution in [0.5, 0.6) is 0 Å². The number of hydrogen-bond donors (Lipinski definition) is 1. The van der Waals surface area contributed by atoms with Gasteiger partial charge < -0.3 is 9.84 Å². The zero-order valence-corrected chi connectivity index (χ0v) is 6.15. The Labute approximate surface area is 64.7 Å². The van der Waals surface area contributed by atoms with Crippen LogP contribution in [0.2, 0.25) is 0 Å². The summed E-state index contributed by atoms with van der Waals surface area (Å²) in [5, 5.41) is 16.9. The van der Waals surface area contributed by atoms with E-state index >= 15 is 0 Å². The number of allylic oxidation sites excluding steroid dienone is 1. The summed E-state index contributed by atoms with van der Waals surface area (Å²) in [4.78, 5) is 10.6. The van der Waals surface area contributed by atoms with Crippen LogP contribution in [-0.4, -0.2) is 23.8 Å². The maximum atomic E-state index is 10.6. The lowest BCUT2D eigenvalue weighted by atomic mass is 10.3. The third kappa shape index (κ3) is 4.12. The summed E-state index contributed by atoms with van der Waals surface area (Å²) in [5.74, 6) is -0.737. The SMILES string of the molecule is CCOC(=O)C(O)/C=C/C#N. The molecule has 0 fully saturated rings. The molecule has 1 atom stereocenters. The maximum Gasteiger partial charge on any atom is 0.339 e. The first kappa shape index (κ1) is 9.66. The van der Waals surface area contributed by atoms with Crippen molar-refractivity contribution in [3.63, 3.8) is 0 Å². The average molecular weight is 155 g/mol. The summed E-state index contributed by atoms with van der Waals surface area (Å²) in [7, 11) is 0. The molecule has 0 radical (unpaired) electrons. The molecule has 0 aromatic carbocycles. The number of rotatable bonds is 3. The molecule has 0 aliphatic heterocycles. The van der Waals surface area contributed by atoms with Crippen molar-refractivity contribution in [1.29, 1.82) is 5.26 Å². The molecular weight excluding hydrogens is 146 g/mol. The lowest BCUT2D eigenvalue weighted by Crippen LogP contribution is -2.20. The molecule has 0 saturated carbocycles. The number of ether oxygens (including phenoxy) is 1. The van der Waals surface area contributed by atoms with E-state index in [1.165, 1.54) is 0 Å². The molecule has 60 valence electrons. The maximum absolute atomic E-state index is 10.6. The van der Waals surface area contributed by atoms with Gasteiger partial charge in [0.25, 0.3) is 0 Å². The van der Waals surface area contributed by atoms with Crippen molar-refractivity contribution < 1.29 is 14.6 Å². The highest BCUT2D eigenvalue weighted by Crippen LogP contribution is 1.90. The van der Waals surface area contributed by atoms with Crippen molar-refractivity contribution in [2.75, 3.05) is 6.61 Å². The number of hydrogen-bond acceptors (Lipinski definition) is 4. The number of nitriles is 1. The molecule has 1 N–H and O–H groups in total. The Morgan fingerprint density at radius 3 is 3.00 bits per heavy atom. The van der Waals surface area contributed by atoms with E-state index in [1.54, 1.807) is 13.0 Å². The van der Waals surface area contributed by atoms with Gasteiger partial charge >= 0.3 is 5.97 Å². The zero-order valence-electron chi connectivity index (χ0n) is 6.15. The summed E-state index contributed by atoms with van der Waals surface area (Å²) in [6, 6.07) is 1.65. The van der Waals surface area contributed by atoms with Gasteiger partial charge in [-0.1, -0.05) is 0 Å². The first-order valence-electron chi connectivity index (χ1n) is 3.13. The molecule has 0 aliphatic carbocycles. The van der Waals surface area contributed by atoms with Gasteiger partial charge in [-0.2, -0.15) is 5.26 Å². The van der Waals surface area contributed by atoms with Crippen molar-refractivity contribution in [3.8, 4) is 6.07 Å². The van der Waals surface area contributed by atoms with Gasteiger partial charge in [0, 0.05) is 6.08 Å². The molecule has 0 aromatic heterocycles. The molecule has 0 saturated heterocycles. The first-order valence-corrected chi connectivity index (χ1v) is 3.13. The Kier molecular flexibility index (Phi) is 4.78. The zero-order chi connectivity index (χ0) is 8.69. The lowest BCUT2D eigenvalue weighted by Gasteiger charge is -2.02. The molecule has 0 heterocycles. The van der Waals surface area contributed by atoms with Gasteiger partial charge in [0.05, 0.1) is 12.7 Å². The molecule has 0 aliphatic rings. The van der Waals surface area contributed by atoms with Crippen LogP contribution in [0.3, 0.4) is 0 Å². The van der Waals surface area contributed by atoms with Crippen molar-refractivity contribution in [3.05, 3.63) is 12.2 Å². The van der Waals surface area contributed by atoms with Crippen LogP contribution in [0.15, 0.2) is 12.2 Å². The van der Waals surface area contributed by atoms with E-state index in [0.29, 0.717) is 0 Å². The molecule has 0 bridgehead atoms. The number of aliphatic hydroxyl groups is 1. The third-order valence-electron chi connectivity index (χ3n) is 0.881. The molecule has 0 spiro atoms. The standard InChI is InChI=1S/C7H9NO3/c1-2-11-7(10)6(9)4-3-5-8/h3-4,6,9H,2H2,1H3/b4-3+. The van der Waals surface area contributed by atoms with Crippen LogP contribution in [0.4, 0.5) is 0 Å². The monoisotopic (exact) mass is 155 g/mol. The molecule has 0 amide bonds. The number of carbonyl (C=O) groups excluding carboxylic acids is 1. The van der Waals surface area contributed by atoms with E-state index in [2.05, 4.69) is 4.74 Å². The highest BCUT2D eigenvalue weighted by molar-refractivity contribution is 5.76. The number of aliphatic hydroxyl groups excluding tert-OH is 1.